The molecular formula is C13H20N2O2. The molecule has 4 nitrogen and oxygen atoms in total. The molecule has 0 heterocycles. The van der Waals surface area contributed by atoms with Gasteiger partial charge in [0.05, 0.1) is 0 Å². The number of rotatable bonds is 6. The third kappa shape index (κ3) is 3.84. The summed E-state index contributed by atoms with van der Waals surface area (Å²) in [6.07, 6.45) is 0.782. The highest BCUT2D eigenvalue weighted by molar-refractivity contribution is 5.94. The molecule has 2 N–H and O–H groups in total. The highest BCUT2D eigenvalue weighted by Crippen LogP contribution is 2.19. The maximum atomic E-state index is 12.0. The first-order valence-corrected chi connectivity index (χ1v) is 5.75. The molecule has 4 heteroatoms. The summed E-state index contributed by atoms with van der Waals surface area (Å²) >= 11 is 0. The predicted octanol–water partition coefficient (Wildman–Crippen LogP) is 1.32. The SMILES string of the molecule is COCC(=O)N(CCCN)c1ccccc1C. The van der Waals surface area contributed by atoms with Gasteiger partial charge in [0.1, 0.15) is 6.61 Å². The summed E-state index contributed by atoms with van der Waals surface area (Å²) in [5.74, 6) is -0.0322. The van der Waals surface area contributed by atoms with Crippen molar-refractivity contribution in [2.75, 3.05) is 31.7 Å². The maximum Gasteiger partial charge on any atom is 0.252 e. The number of benzene rings is 1. The van der Waals surface area contributed by atoms with Gasteiger partial charge in [-0.2, -0.15) is 0 Å². The van der Waals surface area contributed by atoms with Gasteiger partial charge >= 0.3 is 0 Å². The molecule has 1 amide bonds. The van der Waals surface area contributed by atoms with Gasteiger partial charge in [0.25, 0.3) is 5.91 Å². The Labute approximate surface area is 102 Å². The molecule has 0 saturated carbocycles. The monoisotopic (exact) mass is 236 g/mol. The third-order valence-electron chi connectivity index (χ3n) is 2.56. The van der Waals surface area contributed by atoms with Crippen LogP contribution in [0.15, 0.2) is 24.3 Å². The van der Waals surface area contributed by atoms with Gasteiger partial charge in [-0.15, -0.1) is 0 Å². The number of anilines is 1. The van der Waals surface area contributed by atoms with Gasteiger partial charge in [-0.05, 0) is 31.5 Å². The molecular weight excluding hydrogens is 216 g/mol. The number of para-hydroxylation sites is 1. The molecule has 0 spiro atoms. The standard InChI is InChI=1S/C13H20N2O2/c1-11-6-3-4-7-12(11)15(9-5-8-14)13(16)10-17-2/h3-4,6-7H,5,8-10,14H2,1-2H3. The zero-order valence-electron chi connectivity index (χ0n) is 10.5. The van der Waals surface area contributed by atoms with Crippen molar-refractivity contribution >= 4 is 11.6 Å². The van der Waals surface area contributed by atoms with E-state index in [1.165, 1.54) is 7.11 Å². The van der Waals surface area contributed by atoms with Crippen LogP contribution in [0.25, 0.3) is 0 Å². The van der Waals surface area contributed by atoms with E-state index >= 15 is 0 Å². The number of aryl methyl sites for hydroxylation is 1. The Morgan fingerprint density at radius 1 is 1.41 bits per heavy atom. The van der Waals surface area contributed by atoms with Crippen LogP contribution in [0.1, 0.15) is 12.0 Å². The van der Waals surface area contributed by atoms with Crippen molar-refractivity contribution in [3.8, 4) is 0 Å². The summed E-state index contributed by atoms with van der Waals surface area (Å²) < 4.78 is 4.90. The fourth-order valence-electron chi connectivity index (χ4n) is 1.70. The Morgan fingerprint density at radius 2 is 2.12 bits per heavy atom. The van der Waals surface area contributed by atoms with Gasteiger partial charge in [0.2, 0.25) is 0 Å². The highest BCUT2D eigenvalue weighted by Gasteiger charge is 2.16. The smallest absolute Gasteiger partial charge is 0.252 e. The molecule has 1 rings (SSSR count). The van der Waals surface area contributed by atoms with Gasteiger partial charge in [-0.3, -0.25) is 4.79 Å². The minimum Gasteiger partial charge on any atom is -0.375 e. The topological polar surface area (TPSA) is 55.6 Å². The number of carbonyl (C=O) groups is 1. The van der Waals surface area contributed by atoms with E-state index < -0.39 is 0 Å². The number of nitrogens with two attached hydrogens (primary N) is 1. The number of hydrogen-bond acceptors (Lipinski definition) is 3. The van der Waals surface area contributed by atoms with Crippen molar-refractivity contribution < 1.29 is 9.53 Å². The Balaban J connectivity index is 2.89. The normalized spacial score (nSPS) is 10.3. The van der Waals surface area contributed by atoms with Crippen LogP contribution in [0, 0.1) is 6.92 Å². The van der Waals surface area contributed by atoms with Crippen LogP contribution in [0.2, 0.25) is 0 Å². The Morgan fingerprint density at radius 3 is 2.71 bits per heavy atom. The number of nitrogens with zero attached hydrogens (tertiary/aromatic N) is 1. The van der Waals surface area contributed by atoms with Gasteiger partial charge in [-0.25, -0.2) is 0 Å². The van der Waals surface area contributed by atoms with Crippen LogP contribution in [-0.2, 0) is 9.53 Å². The quantitative estimate of drug-likeness (QED) is 0.810. The molecule has 0 unspecified atom stereocenters. The van der Waals surface area contributed by atoms with E-state index in [0.29, 0.717) is 13.1 Å². The molecule has 0 saturated heterocycles. The van der Waals surface area contributed by atoms with E-state index in [0.717, 1.165) is 17.7 Å². The first kappa shape index (κ1) is 13.7. The van der Waals surface area contributed by atoms with Crippen molar-refractivity contribution in [2.24, 2.45) is 5.73 Å². The van der Waals surface area contributed by atoms with Crippen LogP contribution in [0.4, 0.5) is 5.69 Å². The first-order chi connectivity index (χ1) is 8.20. The van der Waals surface area contributed by atoms with Crippen LogP contribution in [0.5, 0.6) is 0 Å². The highest BCUT2D eigenvalue weighted by atomic mass is 16.5. The lowest BCUT2D eigenvalue weighted by atomic mass is 10.1. The summed E-state index contributed by atoms with van der Waals surface area (Å²) in [7, 11) is 1.52. The van der Waals surface area contributed by atoms with Gasteiger partial charge in [0, 0.05) is 19.3 Å². The molecule has 0 bridgehead atoms. The molecule has 0 aliphatic carbocycles. The average Bonchev–Trinajstić information content (AvgIpc) is 2.32. The van der Waals surface area contributed by atoms with E-state index in [1.54, 1.807) is 4.90 Å². The zero-order valence-corrected chi connectivity index (χ0v) is 10.5. The maximum absolute atomic E-state index is 12.0. The first-order valence-electron chi connectivity index (χ1n) is 5.75. The van der Waals surface area contributed by atoms with Gasteiger partial charge in [0.15, 0.2) is 0 Å². The largest absolute Gasteiger partial charge is 0.375 e. The van der Waals surface area contributed by atoms with Crippen LogP contribution < -0.4 is 10.6 Å². The van der Waals surface area contributed by atoms with Gasteiger partial charge in [-0.1, -0.05) is 18.2 Å². The molecule has 1 aromatic carbocycles. The Bertz CT molecular complexity index is 366. The Hall–Kier alpha value is -1.39. The third-order valence-corrected chi connectivity index (χ3v) is 2.56. The van der Waals surface area contributed by atoms with Crippen molar-refractivity contribution in [3.63, 3.8) is 0 Å². The molecule has 0 radical (unpaired) electrons. The van der Waals surface area contributed by atoms with Crippen molar-refractivity contribution in [3.05, 3.63) is 29.8 Å². The minimum absolute atomic E-state index is 0.0322. The van der Waals surface area contributed by atoms with E-state index in [-0.39, 0.29) is 12.5 Å². The van der Waals surface area contributed by atoms with Crippen molar-refractivity contribution in [1.82, 2.24) is 0 Å². The lowest BCUT2D eigenvalue weighted by Gasteiger charge is -2.24. The molecule has 0 fully saturated rings. The summed E-state index contributed by atoms with van der Waals surface area (Å²) in [5.41, 5.74) is 7.51. The fourth-order valence-corrected chi connectivity index (χ4v) is 1.70. The second-order valence-corrected chi connectivity index (χ2v) is 3.91. The van der Waals surface area contributed by atoms with Crippen LogP contribution >= 0.6 is 0 Å². The van der Waals surface area contributed by atoms with E-state index in [4.69, 9.17) is 10.5 Å². The molecule has 94 valence electrons. The summed E-state index contributed by atoms with van der Waals surface area (Å²) in [6.45, 7) is 3.29. The molecule has 1 aromatic rings. The van der Waals surface area contributed by atoms with Crippen LogP contribution in [-0.4, -0.2) is 32.7 Å². The summed E-state index contributed by atoms with van der Waals surface area (Å²) in [4.78, 5) is 13.7. The molecule has 17 heavy (non-hydrogen) atoms. The predicted molar refractivity (Wildman–Crippen MR) is 69.1 cm³/mol. The van der Waals surface area contributed by atoms with Gasteiger partial charge < -0.3 is 15.4 Å². The number of carbonyl (C=O) groups excluding carboxylic acids is 1. The molecule has 0 aliphatic heterocycles. The van der Waals surface area contributed by atoms with Crippen molar-refractivity contribution in [2.45, 2.75) is 13.3 Å². The van der Waals surface area contributed by atoms with Crippen molar-refractivity contribution in [1.29, 1.82) is 0 Å². The average molecular weight is 236 g/mol. The Kier molecular flexibility index (Phi) is 5.66. The second kappa shape index (κ2) is 7.04. The fraction of sp³-hybridized carbons (Fsp3) is 0.462. The van der Waals surface area contributed by atoms with Crippen LogP contribution in [0.3, 0.4) is 0 Å². The lowest BCUT2D eigenvalue weighted by molar-refractivity contribution is -0.122. The lowest BCUT2D eigenvalue weighted by Crippen LogP contribution is -2.36. The minimum atomic E-state index is -0.0322. The molecule has 0 atom stereocenters. The van der Waals surface area contributed by atoms with E-state index in [1.807, 2.05) is 31.2 Å². The van der Waals surface area contributed by atoms with E-state index in [2.05, 4.69) is 0 Å². The molecule has 0 aromatic heterocycles. The van der Waals surface area contributed by atoms with E-state index in [9.17, 15) is 4.79 Å². The number of hydrogen-bond donors (Lipinski definition) is 1. The zero-order chi connectivity index (χ0) is 12.7. The number of methoxy groups -OCH3 is 1. The number of amides is 1. The molecule has 0 aliphatic rings. The summed E-state index contributed by atoms with van der Waals surface area (Å²) in [5, 5.41) is 0. The second-order valence-electron chi connectivity index (χ2n) is 3.91. The number of ether oxygens (including phenoxy) is 1. The summed E-state index contributed by atoms with van der Waals surface area (Å²) in [6, 6.07) is 7.82.